The van der Waals surface area contributed by atoms with Crippen molar-refractivity contribution in [3.63, 3.8) is 0 Å². The summed E-state index contributed by atoms with van der Waals surface area (Å²) < 4.78 is 16.5. The van der Waals surface area contributed by atoms with E-state index in [1.54, 1.807) is 43.3 Å². The van der Waals surface area contributed by atoms with Crippen molar-refractivity contribution in [3.05, 3.63) is 101 Å². The Hall–Kier alpha value is -5.48. The fraction of sp³-hybridized carbons (Fsp3) is 0.214. The van der Waals surface area contributed by atoms with Gasteiger partial charge in [0.1, 0.15) is 6.20 Å². The number of methoxy groups -OCH3 is 1. The zero-order valence-corrected chi connectivity index (χ0v) is 26.2. The average molecular weight is 670 g/mol. The van der Waals surface area contributed by atoms with Crippen LogP contribution in [-0.4, -0.2) is 52.4 Å². The minimum absolute atomic E-state index is 0.0183. The topological polar surface area (TPSA) is 183 Å². The molecule has 0 unspecified atom stereocenters. The van der Waals surface area contributed by atoms with Crippen LogP contribution in [-0.2, 0) is 32.0 Å². The van der Waals surface area contributed by atoms with Crippen LogP contribution in [0.3, 0.4) is 0 Å². The summed E-state index contributed by atoms with van der Waals surface area (Å²) in [5.74, 6) is -0.146. The first-order chi connectivity index (χ1) is 21.9. The molecule has 0 saturated heterocycles. The molecule has 5 aromatic rings. The molecule has 0 radical (unpaired) electrons. The Morgan fingerprint density at radius 2 is 1.87 bits per heavy atom. The summed E-state index contributed by atoms with van der Waals surface area (Å²) in [6.45, 7) is 1.25. The van der Waals surface area contributed by atoms with Gasteiger partial charge in [-0.3, -0.25) is 23.3 Å². The Balaban J connectivity index is 1.43. The molecule has 0 saturated carbocycles. The lowest BCUT2D eigenvalue weighted by Crippen LogP contribution is -2.37. The van der Waals surface area contributed by atoms with Crippen LogP contribution < -0.4 is 26.1 Å². The summed E-state index contributed by atoms with van der Waals surface area (Å²) in [6.07, 6.45) is 2.42. The van der Waals surface area contributed by atoms with Gasteiger partial charge in [-0.25, -0.2) is 19.8 Å². The molecule has 3 aromatic heterocycles. The number of carbonyl (C=O) groups is 1. The molecule has 1 N–H and O–H groups in total. The molecular formula is C28H25Cl2N9O7. The first-order valence-corrected chi connectivity index (χ1v) is 14.1. The van der Waals surface area contributed by atoms with Gasteiger partial charge in [0.05, 0.1) is 19.9 Å². The van der Waals surface area contributed by atoms with Gasteiger partial charge in [-0.2, -0.15) is 10.1 Å². The highest BCUT2D eigenvalue weighted by atomic mass is 35.5. The molecule has 0 atom stereocenters. The third kappa shape index (κ3) is 6.20. The Morgan fingerprint density at radius 3 is 2.57 bits per heavy atom. The van der Waals surface area contributed by atoms with Gasteiger partial charge in [-0.15, -0.1) is 0 Å². The molecule has 0 aliphatic rings. The predicted octanol–water partition coefficient (Wildman–Crippen LogP) is 3.15. The molecule has 5 rings (SSSR count). The summed E-state index contributed by atoms with van der Waals surface area (Å²) >= 11 is 12.5. The van der Waals surface area contributed by atoms with Gasteiger partial charge in [-0.1, -0.05) is 29.3 Å². The molecule has 0 aliphatic carbocycles. The number of halogens is 2. The van der Waals surface area contributed by atoms with Crippen molar-refractivity contribution in [2.45, 2.75) is 20.0 Å². The highest BCUT2D eigenvalue weighted by molar-refractivity contribution is 6.35. The second-order valence-corrected chi connectivity index (χ2v) is 10.8. The van der Waals surface area contributed by atoms with E-state index < -0.39 is 22.1 Å². The van der Waals surface area contributed by atoms with E-state index in [4.69, 9.17) is 32.7 Å². The van der Waals surface area contributed by atoms with E-state index in [-0.39, 0.29) is 47.6 Å². The Labute approximate surface area is 269 Å². The molecule has 1 amide bonds. The lowest BCUT2D eigenvalue weighted by Gasteiger charge is -2.13. The molecule has 18 heteroatoms. The zero-order valence-electron chi connectivity index (χ0n) is 24.7. The molecular weight excluding hydrogens is 645 g/mol. The fourth-order valence-corrected chi connectivity index (χ4v) is 5.04. The van der Waals surface area contributed by atoms with Gasteiger partial charge < -0.3 is 19.6 Å². The largest absolute Gasteiger partial charge is 0.493 e. The number of nitrogens with zero attached hydrogens (tertiary/aromatic N) is 8. The summed E-state index contributed by atoms with van der Waals surface area (Å²) in [4.78, 5) is 57.1. The smallest absolute Gasteiger partial charge is 0.343 e. The lowest BCUT2D eigenvalue weighted by atomic mass is 10.2. The van der Waals surface area contributed by atoms with Crippen molar-refractivity contribution in [1.82, 2.24) is 33.7 Å². The molecule has 0 fully saturated rings. The highest BCUT2D eigenvalue weighted by Crippen LogP contribution is 2.34. The number of rotatable bonds is 10. The number of hydrazone groups is 1. The SMILES string of the molecule is COc1cc(C=NNC(=O)Cn2c([N+](=O)[O-])cnc2C)ccc1Oc1nc2c(c(=O)n(C)c(=O)n2C)n1Cc1ccc(Cl)cc1Cl. The number of aromatic nitrogens is 6. The van der Waals surface area contributed by atoms with Gasteiger partial charge in [-0.05, 0) is 46.4 Å². The van der Waals surface area contributed by atoms with Crippen LogP contribution in [0.25, 0.3) is 11.2 Å². The third-order valence-electron chi connectivity index (χ3n) is 6.97. The summed E-state index contributed by atoms with van der Waals surface area (Å²) in [7, 11) is 4.28. The van der Waals surface area contributed by atoms with Gasteiger partial charge >= 0.3 is 17.5 Å². The number of aryl methyl sites for hydroxylation is 2. The molecule has 238 valence electrons. The van der Waals surface area contributed by atoms with Crippen LogP contribution in [0.5, 0.6) is 17.5 Å². The van der Waals surface area contributed by atoms with E-state index in [2.05, 4.69) is 20.5 Å². The van der Waals surface area contributed by atoms with E-state index in [1.165, 1.54) is 36.6 Å². The standard InChI is InChI=1S/C28H25Cl2N9O7/c1-15-31-12-23(39(43)44)37(15)14-22(40)34-32-11-16-5-8-20(21(9-16)45-4)46-27-33-25-24(26(41)36(3)28(42)35(25)2)38(27)13-17-6-7-18(29)10-19(17)30/h5-12H,13-14H2,1-4H3,(H,34,40). The van der Waals surface area contributed by atoms with Crippen molar-refractivity contribution in [1.29, 1.82) is 0 Å². The van der Waals surface area contributed by atoms with E-state index in [9.17, 15) is 24.5 Å². The van der Waals surface area contributed by atoms with Gasteiger partial charge in [0.25, 0.3) is 11.5 Å². The molecule has 0 bridgehead atoms. The van der Waals surface area contributed by atoms with Crippen LogP contribution in [0, 0.1) is 17.0 Å². The van der Waals surface area contributed by atoms with E-state index in [1.807, 2.05) is 0 Å². The van der Waals surface area contributed by atoms with Crippen LogP contribution in [0.4, 0.5) is 5.82 Å². The number of imidazole rings is 2. The highest BCUT2D eigenvalue weighted by Gasteiger charge is 2.23. The number of ether oxygens (including phenoxy) is 2. The summed E-state index contributed by atoms with van der Waals surface area (Å²) in [6, 6.07) is 9.68. The first kappa shape index (κ1) is 31.9. The number of hydrogen-bond donors (Lipinski definition) is 1. The molecule has 46 heavy (non-hydrogen) atoms. The average Bonchev–Trinajstić information content (AvgIpc) is 3.56. The Bertz CT molecular complexity index is 2170. The fourth-order valence-electron chi connectivity index (χ4n) is 4.57. The van der Waals surface area contributed by atoms with Crippen LogP contribution in [0.2, 0.25) is 10.0 Å². The number of fused-ring (bicyclic) bond motifs is 1. The molecule has 0 spiro atoms. The number of amides is 1. The second kappa shape index (κ2) is 12.9. The van der Waals surface area contributed by atoms with Crippen LogP contribution >= 0.6 is 23.2 Å². The quantitative estimate of drug-likeness (QED) is 0.133. The van der Waals surface area contributed by atoms with Gasteiger partial charge in [0.2, 0.25) is 0 Å². The van der Waals surface area contributed by atoms with Gasteiger partial charge in [0.15, 0.2) is 35.0 Å². The number of carbonyl (C=O) groups excluding carboxylic acids is 1. The van der Waals surface area contributed by atoms with Crippen molar-refractivity contribution in [3.8, 4) is 17.5 Å². The minimum atomic E-state index is -0.630. The third-order valence-corrected chi connectivity index (χ3v) is 7.56. The van der Waals surface area contributed by atoms with Crippen molar-refractivity contribution in [2.75, 3.05) is 7.11 Å². The maximum atomic E-state index is 13.3. The van der Waals surface area contributed by atoms with Crippen molar-refractivity contribution in [2.24, 2.45) is 19.2 Å². The number of nitro groups is 1. The predicted molar refractivity (Wildman–Crippen MR) is 168 cm³/mol. The first-order valence-electron chi connectivity index (χ1n) is 13.3. The Kier molecular flexibility index (Phi) is 8.93. The molecule has 2 aromatic carbocycles. The number of hydrogen-bond acceptors (Lipinski definition) is 10. The number of benzene rings is 2. The zero-order chi connectivity index (χ0) is 33.3. The van der Waals surface area contributed by atoms with E-state index >= 15 is 0 Å². The molecule has 0 aliphatic heterocycles. The normalized spacial score (nSPS) is 11.3. The van der Waals surface area contributed by atoms with Crippen LogP contribution in [0.15, 0.2) is 57.3 Å². The van der Waals surface area contributed by atoms with E-state index in [0.29, 0.717) is 27.0 Å². The van der Waals surface area contributed by atoms with Crippen molar-refractivity contribution < 1.29 is 19.2 Å². The minimum Gasteiger partial charge on any atom is -0.493 e. The monoisotopic (exact) mass is 669 g/mol. The lowest BCUT2D eigenvalue weighted by molar-refractivity contribution is -0.392. The maximum Gasteiger partial charge on any atom is 0.343 e. The Morgan fingerprint density at radius 1 is 1.11 bits per heavy atom. The van der Waals surface area contributed by atoms with Crippen molar-refractivity contribution >= 4 is 52.3 Å². The molecule has 16 nitrogen and oxygen atoms in total. The van der Waals surface area contributed by atoms with Crippen LogP contribution in [0.1, 0.15) is 17.0 Å². The molecule has 3 heterocycles. The van der Waals surface area contributed by atoms with E-state index in [0.717, 1.165) is 15.3 Å². The maximum absolute atomic E-state index is 13.3. The summed E-state index contributed by atoms with van der Waals surface area (Å²) in [5.41, 5.74) is 2.51. The number of nitrogens with one attached hydrogen (secondary N) is 1. The second-order valence-electron chi connectivity index (χ2n) is 9.91. The van der Waals surface area contributed by atoms with Gasteiger partial charge in [0, 0.05) is 31.1 Å². The summed E-state index contributed by atoms with van der Waals surface area (Å²) in [5, 5.41) is 15.9.